The third kappa shape index (κ3) is 7.72. The van der Waals surface area contributed by atoms with E-state index in [2.05, 4.69) is 5.32 Å². The first-order chi connectivity index (χ1) is 15.7. The lowest BCUT2D eigenvalue weighted by Gasteiger charge is -2.15. The van der Waals surface area contributed by atoms with E-state index in [-0.39, 0.29) is 23.5 Å². The fourth-order valence-corrected chi connectivity index (χ4v) is 3.39. The van der Waals surface area contributed by atoms with E-state index in [1.165, 1.54) is 19.1 Å². The van der Waals surface area contributed by atoms with Crippen molar-refractivity contribution in [1.29, 1.82) is 0 Å². The Balaban J connectivity index is 2.18. The van der Waals surface area contributed by atoms with Gasteiger partial charge in [0, 0.05) is 11.6 Å². The van der Waals surface area contributed by atoms with Crippen molar-refractivity contribution in [2.45, 2.75) is 32.5 Å². The van der Waals surface area contributed by atoms with Crippen molar-refractivity contribution in [3.8, 4) is 5.75 Å². The molecule has 1 atom stereocenters. The molecule has 12 heteroatoms. The highest BCUT2D eigenvalue weighted by molar-refractivity contribution is 7.92. The molecule has 0 spiro atoms. The zero-order chi connectivity index (χ0) is 25.7. The summed E-state index contributed by atoms with van der Waals surface area (Å²) in [5, 5.41) is 2.47. The molecule has 0 heterocycles. The molecule has 0 fully saturated rings. The van der Waals surface area contributed by atoms with E-state index in [1.807, 2.05) is 0 Å². The van der Waals surface area contributed by atoms with Gasteiger partial charge in [0.2, 0.25) is 15.9 Å². The Bertz CT molecular complexity index is 1160. The number of halogens is 5. The number of amides is 1. The number of carbonyl (C=O) groups is 1. The zero-order valence-corrected chi connectivity index (χ0v) is 19.3. The SMILES string of the molecule is CCCOc1cc(C(F)(F)F)ccc1/C=C\C(=O)NC(C)c1cc(F)c(NS(C)(=O)=O)c(F)c1. The van der Waals surface area contributed by atoms with Crippen LogP contribution in [0, 0.1) is 11.6 Å². The van der Waals surface area contributed by atoms with Gasteiger partial charge in [-0.1, -0.05) is 13.0 Å². The Hall–Kier alpha value is -3.15. The minimum atomic E-state index is -4.56. The van der Waals surface area contributed by atoms with E-state index in [9.17, 15) is 35.2 Å². The second kappa shape index (κ2) is 10.9. The molecule has 6 nitrogen and oxygen atoms in total. The fourth-order valence-electron chi connectivity index (χ4n) is 2.82. The highest BCUT2D eigenvalue weighted by Crippen LogP contribution is 2.33. The molecule has 0 radical (unpaired) electrons. The Morgan fingerprint density at radius 1 is 1.15 bits per heavy atom. The Kier molecular flexibility index (Phi) is 8.65. The molecule has 2 aromatic rings. The lowest BCUT2D eigenvalue weighted by molar-refractivity contribution is -0.137. The Morgan fingerprint density at radius 3 is 2.29 bits per heavy atom. The topological polar surface area (TPSA) is 84.5 Å². The highest BCUT2D eigenvalue weighted by Gasteiger charge is 2.31. The summed E-state index contributed by atoms with van der Waals surface area (Å²) < 4.78 is 96.9. The molecule has 0 saturated heterocycles. The van der Waals surface area contributed by atoms with E-state index in [0.717, 1.165) is 36.6 Å². The van der Waals surface area contributed by atoms with Crippen LogP contribution in [0.15, 0.2) is 36.4 Å². The van der Waals surface area contributed by atoms with E-state index in [0.29, 0.717) is 6.42 Å². The number of benzene rings is 2. The predicted molar refractivity (Wildman–Crippen MR) is 118 cm³/mol. The van der Waals surface area contributed by atoms with Gasteiger partial charge in [-0.05, 0) is 49.2 Å². The van der Waals surface area contributed by atoms with Gasteiger partial charge in [0.1, 0.15) is 11.4 Å². The quantitative estimate of drug-likeness (QED) is 0.369. The third-order valence-electron chi connectivity index (χ3n) is 4.43. The lowest BCUT2D eigenvalue weighted by Crippen LogP contribution is -2.25. The van der Waals surface area contributed by atoms with Crippen molar-refractivity contribution < 1.29 is 39.9 Å². The van der Waals surface area contributed by atoms with Crippen LogP contribution in [0.1, 0.15) is 43.0 Å². The number of hydrogen-bond acceptors (Lipinski definition) is 4. The van der Waals surface area contributed by atoms with Gasteiger partial charge in [0.25, 0.3) is 0 Å². The van der Waals surface area contributed by atoms with Crippen LogP contribution in [-0.2, 0) is 21.0 Å². The summed E-state index contributed by atoms with van der Waals surface area (Å²) in [7, 11) is -3.91. The van der Waals surface area contributed by atoms with E-state index < -0.39 is 51.0 Å². The number of alkyl halides is 3. The van der Waals surface area contributed by atoms with Gasteiger partial charge in [-0.25, -0.2) is 17.2 Å². The van der Waals surface area contributed by atoms with Crippen molar-refractivity contribution in [3.05, 3.63) is 64.7 Å². The molecule has 0 saturated carbocycles. The fraction of sp³-hybridized carbons (Fsp3) is 0.318. The summed E-state index contributed by atoms with van der Waals surface area (Å²) in [5.41, 5.74) is -1.48. The number of rotatable bonds is 9. The molecule has 0 bridgehead atoms. The van der Waals surface area contributed by atoms with Crippen LogP contribution < -0.4 is 14.8 Å². The van der Waals surface area contributed by atoms with Crippen LogP contribution >= 0.6 is 0 Å². The monoisotopic (exact) mass is 506 g/mol. The summed E-state index contributed by atoms with van der Waals surface area (Å²) >= 11 is 0. The van der Waals surface area contributed by atoms with Gasteiger partial charge < -0.3 is 10.1 Å². The lowest BCUT2D eigenvalue weighted by atomic mass is 10.1. The molecular formula is C22H23F5N2O4S. The summed E-state index contributed by atoms with van der Waals surface area (Å²) in [4.78, 5) is 12.3. The maximum atomic E-state index is 14.2. The first kappa shape index (κ1) is 27.1. The van der Waals surface area contributed by atoms with Crippen LogP contribution in [0.4, 0.5) is 27.6 Å². The molecule has 2 N–H and O–H groups in total. The molecule has 186 valence electrons. The number of ether oxygens (including phenoxy) is 1. The Labute approximate surface area is 193 Å². The molecule has 0 aliphatic heterocycles. The number of sulfonamides is 1. The van der Waals surface area contributed by atoms with Gasteiger partial charge in [0.15, 0.2) is 11.6 Å². The number of carbonyl (C=O) groups excluding carboxylic acids is 1. The van der Waals surface area contributed by atoms with Gasteiger partial charge >= 0.3 is 6.18 Å². The van der Waals surface area contributed by atoms with Gasteiger partial charge in [-0.2, -0.15) is 13.2 Å². The van der Waals surface area contributed by atoms with Gasteiger partial charge in [-0.15, -0.1) is 0 Å². The van der Waals surface area contributed by atoms with Crippen LogP contribution in [0.2, 0.25) is 0 Å². The minimum absolute atomic E-state index is 0.0253. The molecule has 1 amide bonds. The Morgan fingerprint density at radius 2 is 1.76 bits per heavy atom. The average molecular weight is 506 g/mol. The second-order valence-corrected chi connectivity index (χ2v) is 9.14. The van der Waals surface area contributed by atoms with Crippen LogP contribution in [0.25, 0.3) is 6.08 Å². The van der Waals surface area contributed by atoms with E-state index >= 15 is 0 Å². The second-order valence-electron chi connectivity index (χ2n) is 7.40. The van der Waals surface area contributed by atoms with Crippen molar-refractivity contribution in [1.82, 2.24) is 5.32 Å². The molecule has 0 aliphatic rings. The molecule has 34 heavy (non-hydrogen) atoms. The summed E-state index contributed by atoms with van der Waals surface area (Å²) in [6.45, 7) is 3.40. The average Bonchev–Trinajstić information content (AvgIpc) is 2.72. The molecule has 2 rings (SSSR count). The number of anilines is 1. The predicted octanol–water partition coefficient (Wildman–Crippen LogP) is 5.03. The summed E-state index contributed by atoms with van der Waals surface area (Å²) in [6.07, 6.45) is -0.957. The first-order valence-electron chi connectivity index (χ1n) is 10.0. The van der Waals surface area contributed by atoms with Crippen molar-refractivity contribution in [2.24, 2.45) is 0 Å². The van der Waals surface area contributed by atoms with Crippen LogP contribution in [0.3, 0.4) is 0 Å². The number of nitrogens with one attached hydrogen (secondary N) is 2. The third-order valence-corrected chi connectivity index (χ3v) is 5.00. The van der Waals surface area contributed by atoms with Crippen molar-refractivity contribution in [3.63, 3.8) is 0 Å². The minimum Gasteiger partial charge on any atom is -0.493 e. The summed E-state index contributed by atoms with van der Waals surface area (Å²) in [6, 6.07) is 3.73. The summed E-state index contributed by atoms with van der Waals surface area (Å²) in [5.74, 6) is -3.07. The van der Waals surface area contributed by atoms with Crippen LogP contribution in [-0.4, -0.2) is 27.2 Å². The van der Waals surface area contributed by atoms with E-state index in [1.54, 1.807) is 11.6 Å². The molecular weight excluding hydrogens is 483 g/mol. The van der Waals surface area contributed by atoms with Crippen molar-refractivity contribution in [2.75, 3.05) is 17.6 Å². The maximum absolute atomic E-state index is 14.2. The smallest absolute Gasteiger partial charge is 0.416 e. The van der Waals surface area contributed by atoms with Crippen molar-refractivity contribution >= 4 is 27.7 Å². The van der Waals surface area contributed by atoms with Gasteiger partial charge in [-0.3, -0.25) is 9.52 Å². The molecule has 0 aromatic heterocycles. The standard InChI is InChI=1S/C22H23F5N2O4S/c1-4-9-33-19-12-16(22(25,26)27)7-5-14(19)6-8-20(30)28-13(2)15-10-17(23)21(18(24)11-15)29-34(3,31)32/h5-8,10-13,29H,4,9H2,1-3H3,(H,28,30)/b8-6-. The normalized spacial score (nSPS) is 13.1. The van der Waals surface area contributed by atoms with Crippen LogP contribution in [0.5, 0.6) is 5.75 Å². The van der Waals surface area contributed by atoms with E-state index in [4.69, 9.17) is 4.74 Å². The number of hydrogen-bond donors (Lipinski definition) is 2. The largest absolute Gasteiger partial charge is 0.493 e. The maximum Gasteiger partial charge on any atom is 0.416 e. The van der Waals surface area contributed by atoms with Gasteiger partial charge in [0.05, 0.1) is 24.5 Å². The zero-order valence-electron chi connectivity index (χ0n) is 18.5. The highest BCUT2D eigenvalue weighted by atomic mass is 32.2. The molecule has 1 unspecified atom stereocenters. The molecule has 0 aliphatic carbocycles. The molecule has 2 aromatic carbocycles. The first-order valence-corrected chi connectivity index (χ1v) is 11.9.